The van der Waals surface area contributed by atoms with Gasteiger partial charge in [-0.15, -0.1) is 11.3 Å². The highest BCUT2D eigenvalue weighted by Crippen LogP contribution is 2.48. The molecule has 1 aliphatic heterocycles. The van der Waals surface area contributed by atoms with E-state index in [4.69, 9.17) is 15.2 Å². The number of nitrogens with two attached hydrogens (primary N) is 1. The minimum Gasteiger partial charge on any atom is -0.489 e. The lowest BCUT2D eigenvalue weighted by molar-refractivity contribution is -0.265. The molecule has 2 amide bonds. The molecule has 1 fully saturated rings. The summed E-state index contributed by atoms with van der Waals surface area (Å²) in [5, 5.41) is 14.1. The minimum atomic E-state index is -5.44. The van der Waals surface area contributed by atoms with Crippen molar-refractivity contribution in [1.82, 2.24) is 15.3 Å². The van der Waals surface area contributed by atoms with Crippen LogP contribution in [0.5, 0.6) is 11.5 Å². The number of pyridine rings is 1. The molecule has 1 unspecified atom stereocenters. The minimum absolute atomic E-state index is 0.0289. The second kappa shape index (κ2) is 10.9. The first-order valence-corrected chi connectivity index (χ1v) is 14.5. The maximum absolute atomic E-state index is 14.7. The maximum Gasteiger partial charge on any atom is 0.424 e. The van der Waals surface area contributed by atoms with E-state index in [-0.39, 0.29) is 34.2 Å². The van der Waals surface area contributed by atoms with Gasteiger partial charge in [0.25, 0.3) is 5.91 Å². The fourth-order valence-electron chi connectivity index (χ4n) is 5.05. The summed E-state index contributed by atoms with van der Waals surface area (Å²) in [5.41, 5.74) is -1.75. The van der Waals surface area contributed by atoms with Crippen LogP contribution in [0, 0.1) is 12.7 Å². The van der Waals surface area contributed by atoms with Gasteiger partial charge in [0.2, 0.25) is 11.5 Å². The first-order valence-electron chi connectivity index (χ1n) is 13.7. The van der Waals surface area contributed by atoms with Crippen LogP contribution in [0.3, 0.4) is 0 Å². The zero-order valence-electron chi connectivity index (χ0n) is 23.5. The Kier molecular flexibility index (Phi) is 7.43. The summed E-state index contributed by atoms with van der Waals surface area (Å²) in [4.78, 5) is 34.1. The number of halogens is 5. The van der Waals surface area contributed by atoms with Crippen LogP contribution in [-0.4, -0.2) is 59.0 Å². The van der Waals surface area contributed by atoms with Crippen molar-refractivity contribution in [1.29, 1.82) is 0 Å². The lowest BCUT2D eigenvalue weighted by Gasteiger charge is -2.31. The molecule has 0 spiro atoms. The van der Waals surface area contributed by atoms with Gasteiger partial charge in [-0.05, 0) is 62.2 Å². The topological polar surface area (TPSA) is 137 Å². The molecule has 1 aliphatic carbocycles. The average Bonchev–Trinajstić information content (AvgIpc) is 3.59. The van der Waals surface area contributed by atoms with Gasteiger partial charge in [-0.2, -0.15) is 13.2 Å². The van der Waals surface area contributed by atoms with Gasteiger partial charge < -0.3 is 25.6 Å². The van der Waals surface area contributed by atoms with Crippen LogP contribution in [0.1, 0.15) is 39.5 Å². The van der Waals surface area contributed by atoms with Crippen molar-refractivity contribution in [3.05, 3.63) is 70.1 Å². The largest absolute Gasteiger partial charge is 0.489 e. The van der Waals surface area contributed by atoms with Crippen molar-refractivity contribution in [3.63, 3.8) is 0 Å². The van der Waals surface area contributed by atoms with Crippen molar-refractivity contribution in [2.24, 2.45) is 5.73 Å². The number of rotatable bonds is 9. The highest BCUT2D eigenvalue weighted by molar-refractivity contribution is 7.18. The molecule has 2 aromatic heterocycles. The van der Waals surface area contributed by atoms with Crippen LogP contribution < -0.4 is 20.5 Å². The van der Waals surface area contributed by atoms with Crippen molar-refractivity contribution >= 4 is 33.4 Å². The van der Waals surface area contributed by atoms with Gasteiger partial charge in [0.05, 0.1) is 28.1 Å². The number of alkyl halides is 4. The van der Waals surface area contributed by atoms with Crippen molar-refractivity contribution in [2.45, 2.75) is 43.1 Å². The molecule has 0 saturated heterocycles. The van der Waals surface area contributed by atoms with E-state index in [1.165, 1.54) is 35.6 Å². The van der Waals surface area contributed by atoms with Crippen LogP contribution in [0.4, 0.5) is 22.0 Å². The van der Waals surface area contributed by atoms with Gasteiger partial charge in [0, 0.05) is 16.7 Å². The van der Waals surface area contributed by atoms with E-state index < -0.39 is 60.3 Å². The van der Waals surface area contributed by atoms with Crippen molar-refractivity contribution in [3.8, 4) is 22.8 Å². The number of carbonyl (C=O) groups excluding carboxylic acids is 2. The van der Waals surface area contributed by atoms with Crippen LogP contribution in [0.25, 0.3) is 21.5 Å². The number of carbonyl (C=O) groups is 2. The van der Waals surface area contributed by atoms with Crippen molar-refractivity contribution < 1.29 is 46.1 Å². The molecular weight excluding hydrogens is 623 g/mol. The Hall–Kier alpha value is -4.37. The number of aromatic nitrogens is 2. The Morgan fingerprint density at radius 3 is 2.51 bits per heavy atom. The summed E-state index contributed by atoms with van der Waals surface area (Å²) in [6.07, 6.45) is -3.85. The molecule has 1 saturated carbocycles. The third kappa shape index (κ3) is 5.33. The van der Waals surface area contributed by atoms with Gasteiger partial charge in [-0.3, -0.25) is 9.59 Å². The van der Waals surface area contributed by atoms with E-state index in [1.807, 2.05) is 0 Å². The monoisotopic (exact) mass is 648 g/mol. The Balaban J connectivity index is 1.41. The normalized spacial score (nSPS) is 19.1. The van der Waals surface area contributed by atoms with E-state index in [2.05, 4.69) is 15.3 Å². The highest BCUT2D eigenvalue weighted by Gasteiger charge is 2.58. The number of amides is 2. The van der Waals surface area contributed by atoms with E-state index in [1.54, 1.807) is 6.92 Å². The fourth-order valence-corrected chi connectivity index (χ4v) is 5.93. The summed E-state index contributed by atoms with van der Waals surface area (Å²) in [6.45, 7) is -1.71. The fraction of sp³-hybridized carbons (Fsp3) is 0.333. The molecular formula is C30H25F5N4O5S. The zero-order valence-corrected chi connectivity index (χ0v) is 24.3. The van der Waals surface area contributed by atoms with Crippen LogP contribution in [-0.2, 0) is 15.8 Å². The van der Waals surface area contributed by atoms with Gasteiger partial charge in [-0.25, -0.2) is 18.7 Å². The standard InChI is InChI=1S/C30H25F5N4O5S/c1-14-38-24-20(44-18-6-7-18)8-16(9-21(24)45-14)26(40)37-12-29(42,30(33,34)35)22-10-19-25(43-13-28(19,11-31)27(36)41)23(39-22)15-2-4-17(32)5-3-15/h2-5,8-10,18,42H,6-7,11-13H2,1H3,(H2,36,41)(H,37,40)/t28-,29?/m0/s1. The highest BCUT2D eigenvalue weighted by atomic mass is 32.1. The number of benzene rings is 2. The summed E-state index contributed by atoms with van der Waals surface area (Å²) in [7, 11) is 0. The third-order valence-corrected chi connectivity index (χ3v) is 8.73. The SMILES string of the molecule is Cc1nc2c(OC3CC3)cc(C(=O)NCC(O)(c3cc4c(c(-c5ccc(F)cc5)n3)OC[C@]4(CF)C(N)=O)C(F)(F)F)cc2s1. The van der Waals surface area contributed by atoms with Crippen LogP contribution >= 0.6 is 11.3 Å². The van der Waals surface area contributed by atoms with Crippen LogP contribution in [0.2, 0.25) is 0 Å². The Morgan fingerprint density at radius 2 is 1.89 bits per heavy atom. The Labute approximate surface area is 256 Å². The van der Waals surface area contributed by atoms with Crippen molar-refractivity contribution in [2.75, 3.05) is 19.8 Å². The number of ether oxygens (including phenoxy) is 2. The quantitative estimate of drug-likeness (QED) is 0.226. The third-order valence-electron chi connectivity index (χ3n) is 7.81. The predicted molar refractivity (Wildman–Crippen MR) is 152 cm³/mol. The lowest BCUT2D eigenvalue weighted by Crippen LogP contribution is -2.52. The molecule has 15 heteroatoms. The molecule has 45 heavy (non-hydrogen) atoms. The lowest BCUT2D eigenvalue weighted by atomic mass is 9.81. The summed E-state index contributed by atoms with van der Waals surface area (Å²) in [5.74, 6) is -2.76. The average molecular weight is 649 g/mol. The molecule has 2 atom stereocenters. The molecule has 0 radical (unpaired) electrons. The van der Waals surface area contributed by atoms with Gasteiger partial charge in [0.1, 0.15) is 47.2 Å². The Morgan fingerprint density at radius 1 is 1.18 bits per heavy atom. The first kappa shape index (κ1) is 30.6. The molecule has 236 valence electrons. The number of thiazole rings is 1. The summed E-state index contributed by atoms with van der Waals surface area (Å²) >= 11 is 1.27. The predicted octanol–water partition coefficient (Wildman–Crippen LogP) is 4.61. The number of nitrogens with one attached hydrogen (secondary N) is 1. The number of primary amides is 1. The second-order valence-electron chi connectivity index (χ2n) is 11.0. The smallest absolute Gasteiger partial charge is 0.424 e. The van der Waals surface area contributed by atoms with E-state index in [0.717, 1.165) is 25.0 Å². The molecule has 4 aromatic rings. The zero-order chi connectivity index (χ0) is 32.3. The van der Waals surface area contributed by atoms with E-state index in [9.17, 15) is 36.6 Å². The second-order valence-corrected chi connectivity index (χ2v) is 12.3. The van der Waals surface area contributed by atoms with Gasteiger partial charge >= 0.3 is 6.18 Å². The number of aliphatic hydroxyl groups is 1. The number of hydrogen-bond donors (Lipinski definition) is 3. The number of aryl methyl sites for hydroxylation is 1. The Bertz CT molecular complexity index is 1830. The first-order chi connectivity index (χ1) is 21.3. The molecule has 6 rings (SSSR count). The number of hydrogen-bond acceptors (Lipinski definition) is 8. The number of nitrogens with zero attached hydrogens (tertiary/aromatic N) is 2. The molecule has 4 N–H and O–H groups in total. The molecule has 2 aliphatic rings. The maximum atomic E-state index is 14.7. The van der Waals surface area contributed by atoms with E-state index >= 15 is 0 Å². The molecule has 0 bridgehead atoms. The summed E-state index contributed by atoms with van der Waals surface area (Å²) in [6, 6.07) is 7.95. The molecule has 9 nitrogen and oxygen atoms in total. The van der Waals surface area contributed by atoms with Gasteiger partial charge in [0.15, 0.2) is 0 Å². The summed E-state index contributed by atoms with van der Waals surface area (Å²) < 4.78 is 84.2. The molecule has 2 aromatic carbocycles. The van der Waals surface area contributed by atoms with E-state index in [0.29, 0.717) is 27.0 Å². The number of fused-ring (bicyclic) bond motifs is 2. The van der Waals surface area contributed by atoms with Gasteiger partial charge in [-0.1, -0.05) is 0 Å². The van der Waals surface area contributed by atoms with Crippen LogP contribution in [0.15, 0.2) is 42.5 Å². The molecule has 3 heterocycles.